The van der Waals surface area contributed by atoms with Gasteiger partial charge in [-0.25, -0.2) is 4.68 Å². The van der Waals surface area contributed by atoms with Gasteiger partial charge in [-0.3, -0.25) is 4.79 Å². The third kappa shape index (κ3) is 4.16. The van der Waals surface area contributed by atoms with Crippen LogP contribution in [0.4, 0.5) is 5.69 Å². The molecule has 0 bridgehead atoms. The molecule has 1 aromatic heterocycles. The van der Waals surface area contributed by atoms with Crippen molar-refractivity contribution in [1.82, 2.24) is 15.0 Å². The Morgan fingerprint density at radius 1 is 1.03 bits per heavy atom. The van der Waals surface area contributed by atoms with Crippen molar-refractivity contribution < 1.29 is 9.53 Å². The fraction of sp³-hybridized carbons (Fsp3) is 0.348. The van der Waals surface area contributed by atoms with Gasteiger partial charge in [0.25, 0.3) is 5.91 Å². The van der Waals surface area contributed by atoms with Gasteiger partial charge in [-0.05, 0) is 42.0 Å². The average Bonchev–Trinajstić information content (AvgIpc) is 3.09. The lowest BCUT2D eigenvalue weighted by atomic mass is 9.92. The minimum absolute atomic E-state index is 0.258. The van der Waals surface area contributed by atoms with Gasteiger partial charge in [0.2, 0.25) is 0 Å². The lowest BCUT2D eigenvalue weighted by Gasteiger charge is -2.19. The van der Waals surface area contributed by atoms with Gasteiger partial charge < -0.3 is 10.1 Å². The highest BCUT2D eigenvalue weighted by Crippen LogP contribution is 2.32. The summed E-state index contributed by atoms with van der Waals surface area (Å²) in [5.41, 5.74) is 4.87. The molecule has 0 aliphatic rings. The van der Waals surface area contributed by atoms with E-state index in [1.54, 1.807) is 11.8 Å². The molecule has 0 atom stereocenters. The number of carbonyl (C=O) groups excluding carboxylic acids is 1. The summed E-state index contributed by atoms with van der Waals surface area (Å²) >= 11 is 0. The highest BCUT2D eigenvalue weighted by molar-refractivity contribution is 6.04. The van der Waals surface area contributed by atoms with Crippen molar-refractivity contribution in [3.8, 4) is 11.4 Å². The standard InChI is InChI=1S/C23H28N4O2/c1-14(2)19-11-8-12-20(15(3)4)22(19)24-23(28)21-16(5)27(26-25-21)17-9-7-10-18(13-17)29-6/h7-15H,1-6H3,(H,24,28). The molecule has 6 nitrogen and oxygen atoms in total. The van der Waals surface area contributed by atoms with E-state index in [4.69, 9.17) is 4.74 Å². The Kier molecular flexibility index (Phi) is 6.01. The third-order valence-corrected chi connectivity index (χ3v) is 5.02. The average molecular weight is 393 g/mol. The molecule has 0 fully saturated rings. The van der Waals surface area contributed by atoms with Crippen LogP contribution in [0.15, 0.2) is 42.5 Å². The Morgan fingerprint density at radius 3 is 2.24 bits per heavy atom. The molecule has 0 aliphatic heterocycles. The monoisotopic (exact) mass is 392 g/mol. The maximum atomic E-state index is 13.1. The second-order valence-corrected chi connectivity index (χ2v) is 7.71. The van der Waals surface area contributed by atoms with Crippen LogP contribution in [0.25, 0.3) is 5.69 Å². The van der Waals surface area contributed by atoms with Gasteiger partial charge >= 0.3 is 0 Å². The van der Waals surface area contributed by atoms with Crippen molar-refractivity contribution in [2.75, 3.05) is 12.4 Å². The van der Waals surface area contributed by atoms with Crippen LogP contribution in [0, 0.1) is 6.92 Å². The van der Waals surface area contributed by atoms with Crippen LogP contribution in [0.5, 0.6) is 5.75 Å². The molecule has 3 aromatic rings. The Balaban J connectivity index is 1.96. The number of para-hydroxylation sites is 1. The van der Waals surface area contributed by atoms with Crippen molar-refractivity contribution in [2.45, 2.75) is 46.5 Å². The molecule has 1 heterocycles. The lowest BCUT2D eigenvalue weighted by Crippen LogP contribution is -2.17. The van der Waals surface area contributed by atoms with Gasteiger partial charge in [0.05, 0.1) is 18.5 Å². The zero-order valence-electron chi connectivity index (χ0n) is 17.9. The molecule has 1 N–H and O–H groups in total. The number of carbonyl (C=O) groups is 1. The first kappa shape index (κ1) is 20.6. The fourth-order valence-electron chi connectivity index (χ4n) is 3.39. The van der Waals surface area contributed by atoms with Gasteiger partial charge in [-0.2, -0.15) is 0 Å². The van der Waals surface area contributed by atoms with Crippen molar-refractivity contribution in [3.63, 3.8) is 0 Å². The number of aromatic nitrogens is 3. The number of nitrogens with one attached hydrogen (secondary N) is 1. The Hall–Kier alpha value is -3.15. The number of ether oxygens (including phenoxy) is 1. The molecule has 6 heteroatoms. The first-order valence-corrected chi connectivity index (χ1v) is 9.84. The fourth-order valence-corrected chi connectivity index (χ4v) is 3.39. The van der Waals surface area contributed by atoms with Gasteiger partial charge in [-0.1, -0.05) is 57.2 Å². The van der Waals surface area contributed by atoms with Crippen LogP contribution in [-0.2, 0) is 0 Å². The molecule has 0 aliphatic carbocycles. The minimum atomic E-state index is -0.258. The normalized spacial score (nSPS) is 11.2. The maximum Gasteiger partial charge on any atom is 0.278 e. The summed E-state index contributed by atoms with van der Waals surface area (Å²) in [5, 5.41) is 11.4. The van der Waals surface area contributed by atoms with Crippen molar-refractivity contribution in [1.29, 1.82) is 0 Å². The molecule has 1 amide bonds. The number of methoxy groups -OCH3 is 1. The molecule has 29 heavy (non-hydrogen) atoms. The smallest absolute Gasteiger partial charge is 0.278 e. The topological polar surface area (TPSA) is 69.0 Å². The van der Waals surface area contributed by atoms with Crippen LogP contribution in [0.3, 0.4) is 0 Å². The van der Waals surface area contributed by atoms with E-state index in [1.807, 2.05) is 37.3 Å². The first-order valence-electron chi connectivity index (χ1n) is 9.84. The van der Waals surface area contributed by atoms with Crippen LogP contribution in [0.2, 0.25) is 0 Å². The zero-order valence-corrected chi connectivity index (χ0v) is 17.9. The van der Waals surface area contributed by atoms with Gasteiger partial charge in [0.15, 0.2) is 5.69 Å². The number of hydrogen-bond acceptors (Lipinski definition) is 4. The van der Waals surface area contributed by atoms with Crippen molar-refractivity contribution in [3.05, 3.63) is 65.0 Å². The predicted octanol–water partition coefficient (Wildman–Crippen LogP) is 5.08. The number of hydrogen-bond donors (Lipinski definition) is 1. The molecule has 0 spiro atoms. The van der Waals surface area contributed by atoms with E-state index in [0.29, 0.717) is 11.4 Å². The van der Waals surface area contributed by atoms with E-state index in [2.05, 4.69) is 55.5 Å². The molecule has 152 valence electrons. The number of anilines is 1. The van der Waals surface area contributed by atoms with E-state index in [1.165, 1.54) is 0 Å². The Labute approximate surface area is 171 Å². The Bertz CT molecular complexity index is 995. The summed E-state index contributed by atoms with van der Waals surface area (Å²) in [6, 6.07) is 13.7. The third-order valence-electron chi connectivity index (χ3n) is 5.02. The number of benzene rings is 2. The van der Waals surface area contributed by atoms with Crippen molar-refractivity contribution in [2.24, 2.45) is 0 Å². The second kappa shape index (κ2) is 8.47. The summed E-state index contributed by atoms with van der Waals surface area (Å²) < 4.78 is 6.93. The summed E-state index contributed by atoms with van der Waals surface area (Å²) in [5.74, 6) is 1.04. The molecular weight excluding hydrogens is 364 g/mol. The van der Waals surface area contributed by atoms with E-state index in [-0.39, 0.29) is 17.7 Å². The summed E-state index contributed by atoms with van der Waals surface area (Å²) in [7, 11) is 1.62. The Morgan fingerprint density at radius 2 is 1.66 bits per heavy atom. The molecule has 0 unspecified atom stereocenters. The highest BCUT2D eigenvalue weighted by Gasteiger charge is 2.21. The van der Waals surface area contributed by atoms with Crippen LogP contribution >= 0.6 is 0 Å². The number of nitrogens with zero attached hydrogens (tertiary/aromatic N) is 3. The molecule has 3 rings (SSSR count). The van der Waals surface area contributed by atoms with Gasteiger partial charge in [-0.15, -0.1) is 5.10 Å². The number of rotatable bonds is 6. The van der Waals surface area contributed by atoms with E-state index < -0.39 is 0 Å². The molecule has 2 aromatic carbocycles. The van der Waals surface area contributed by atoms with Gasteiger partial charge in [0.1, 0.15) is 5.75 Å². The quantitative estimate of drug-likeness (QED) is 0.635. The second-order valence-electron chi connectivity index (χ2n) is 7.71. The van der Waals surface area contributed by atoms with Crippen LogP contribution < -0.4 is 10.1 Å². The number of amides is 1. The van der Waals surface area contributed by atoms with E-state index >= 15 is 0 Å². The maximum absolute atomic E-state index is 13.1. The summed E-state index contributed by atoms with van der Waals surface area (Å²) in [6.07, 6.45) is 0. The van der Waals surface area contributed by atoms with E-state index in [0.717, 1.165) is 28.3 Å². The van der Waals surface area contributed by atoms with E-state index in [9.17, 15) is 4.79 Å². The zero-order chi connectivity index (χ0) is 21.1. The predicted molar refractivity (Wildman–Crippen MR) is 115 cm³/mol. The minimum Gasteiger partial charge on any atom is -0.497 e. The molecule has 0 radical (unpaired) electrons. The largest absolute Gasteiger partial charge is 0.497 e. The molecule has 0 saturated heterocycles. The van der Waals surface area contributed by atoms with Crippen LogP contribution in [-0.4, -0.2) is 28.0 Å². The highest BCUT2D eigenvalue weighted by atomic mass is 16.5. The molecular formula is C23H28N4O2. The SMILES string of the molecule is COc1cccc(-n2nnc(C(=O)Nc3c(C(C)C)cccc3C(C)C)c2C)c1. The summed E-state index contributed by atoms with van der Waals surface area (Å²) in [4.78, 5) is 13.1. The summed E-state index contributed by atoms with van der Waals surface area (Å²) in [6.45, 7) is 10.3. The molecule has 0 saturated carbocycles. The van der Waals surface area contributed by atoms with Gasteiger partial charge in [0, 0.05) is 11.8 Å². The lowest BCUT2D eigenvalue weighted by molar-refractivity contribution is 0.102. The van der Waals surface area contributed by atoms with Crippen molar-refractivity contribution >= 4 is 11.6 Å². The first-order chi connectivity index (χ1) is 13.8. The van der Waals surface area contributed by atoms with Crippen LogP contribution in [0.1, 0.15) is 66.8 Å².